The van der Waals surface area contributed by atoms with Gasteiger partial charge in [-0.3, -0.25) is 10.1 Å². The molecule has 0 aromatic rings. The van der Waals surface area contributed by atoms with Gasteiger partial charge in [-0.15, -0.1) is 0 Å². The number of amides is 3. The van der Waals surface area contributed by atoms with E-state index in [0.717, 1.165) is 0 Å². The van der Waals surface area contributed by atoms with Gasteiger partial charge in [0, 0.05) is 6.54 Å². The quantitative estimate of drug-likeness (QED) is 0.718. The number of imide groups is 1. The van der Waals surface area contributed by atoms with Gasteiger partial charge in [-0.2, -0.15) is 0 Å². The normalized spacial score (nSPS) is 25.4. The highest BCUT2D eigenvalue weighted by Crippen LogP contribution is 2.24. The Morgan fingerprint density at radius 3 is 2.56 bits per heavy atom. The number of ether oxygens (including phenoxy) is 1. The minimum atomic E-state index is -0.725. The molecule has 0 radical (unpaired) electrons. The second kappa shape index (κ2) is 4.82. The molecule has 1 aliphatic heterocycles. The molecule has 0 aromatic heterocycles. The van der Waals surface area contributed by atoms with Crippen LogP contribution in [0.25, 0.3) is 0 Å². The van der Waals surface area contributed by atoms with Crippen molar-refractivity contribution < 1.29 is 14.3 Å². The van der Waals surface area contributed by atoms with E-state index in [-0.39, 0.29) is 18.0 Å². The van der Waals surface area contributed by atoms with E-state index in [1.807, 2.05) is 20.8 Å². The molecular formula is C11H20N2O3. The zero-order valence-corrected chi connectivity index (χ0v) is 10.4. The summed E-state index contributed by atoms with van der Waals surface area (Å²) in [5.41, 5.74) is -0.725. The molecule has 92 valence electrons. The zero-order valence-electron chi connectivity index (χ0n) is 10.4. The molecule has 1 fully saturated rings. The molecule has 16 heavy (non-hydrogen) atoms. The average Bonchev–Trinajstić information content (AvgIpc) is 2.41. The predicted molar refractivity (Wildman–Crippen MR) is 60.0 cm³/mol. The molecule has 0 saturated carbocycles. The van der Waals surface area contributed by atoms with Crippen molar-refractivity contribution in [1.29, 1.82) is 0 Å². The lowest BCUT2D eigenvalue weighted by Crippen LogP contribution is -2.47. The Bertz CT molecular complexity index is 291. The van der Waals surface area contributed by atoms with Crippen LogP contribution in [0.3, 0.4) is 0 Å². The Labute approximate surface area is 96.1 Å². The third kappa shape index (κ3) is 2.35. The molecule has 1 rings (SSSR count). The third-order valence-corrected chi connectivity index (χ3v) is 3.01. The maximum Gasteiger partial charge on any atom is 0.325 e. The molecule has 1 saturated heterocycles. The number of hydrogen-bond donors (Lipinski definition) is 1. The topological polar surface area (TPSA) is 58.6 Å². The van der Waals surface area contributed by atoms with E-state index in [1.165, 1.54) is 0 Å². The SMILES string of the molecule is CCC1(C)C(=O)NC(=O)N1CCOC(C)C. The summed E-state index contributed by atoms with van der Waals surface area (Å²) in [5, 5.41) is 2.34. The Morgan fingerprint density at radius 2 is 2.06 bits per heavy atom. The monoisotopic (exact) mass is 228 g/mol. The van der Waals surface area contributed by atoms with Crippen LogP contribution in [0.1, 0.15) is 34.1 Å². The van der Waals surface area contributed by atoms with Crippen LogP contribution in [0.4, 0.5) is 4.79 Å². The number of nitrogens with zero attached hydrogens (tertiary/aromatic N) is 1. The van der Waals surface area contributed by atoms with Crippen LogP contribution in [0.2, 0.25) is 0 Å². The maximum atomic E-state index is 11.6. The average molecular weight is 228 g/mol. The Hall–Kier alpha value is -1.10. The summed E-state index contributed by atoms with van der Waals surface area (Å²) in [4.78, 5) is 24.8. The van der Waals surface area contributed by atoms with Crippen molar-refractivity contribution >= 4 is 11.9 Å². The largest absolute Gasteiger partial charge is 0.377 e. The minimum absolute atomic E-state index is 0.134. The van der Waals surface area contributed by atoms with Gasteiger partial charge < -0.3 is 9.64 Å². The van der Waals surface area contributed by atoms with Gasteiger partial charge in [0.1, 0.15) is 5.54 Å². The van der Waals surface area contributed by atoms with E-state index < -0.39 is 5.54 Å². The number of hydrogen-bond acceptors (Lipinski definition) is 3. The zero-order chi connectivity index (χ0) is 12.3. The molecule has 1 heterocycles. The standard InChI is InChI=1S/C11H20N2O3/c1-5-11(4)9(14)12-10(15)13(11)6-7-16-8(2)3/h8H,5-7H2,1-4H3,(H,12,14,15). The molecule has 0 aromatic carbocycles. The fourth-order valence-electron chi connectivity index (χ4n) is 1.73. The maximum absolute atomic E-state index is 11.6. The number of carbonyl (C=O) groups excluding carboxylic acids is 2. The number of carbonyl (C=O) groups is 2. The summed E-state index contributed by atoms with van der Waals surface area (Å²) < 4.78 is 5.39. The third-order valence-electron chi connectivity index (χ3n) is 3.01. The second-order valence-electron chi connectivity index (χ2n) is 4.46. The smallest absolute Gasteiger partial charge is 0.325 e. The van der Waals surface area contributed by atoms with Gasteiger partial charge in [-0.1, -0.05) is 6.92 Å². The Kier molecular flexibility index (Phi) is 3.91. The van der Waals surface area contributed by atoms with E-state index >= 15 is 0 Å². The fourth-order valence-corrected chi connectivity index (χ4v) is 1.73. The number of urea groups is 1. The summed E-state index contributed by atoms with van der Waals surface area (Å²) >= 11 is 0. The van der Waals surface area contributed by atoms with E-state index in [1.54, 1.807) is 11.8 Å². The van der Waals surface area contributed by atoms with Crippen LogP contribution in [0, 0.1) is 0 Å². The van der Waals surface area contributed by atoms with Gasteiger partial charge in [-0.05, 0) is 27.2 Å². The van der Waals surface area contributed by atoms with Crippen molar-refractivity contribution in [3.8, 4) is 0 Å². The van der Waals surface area contributed by atoms with E-state index in [0.29, 0.717) is 19.6 Å². The van der Waals surface area contributed by atoms with Crippen LogP contribution >= 0.6 is 0 Å². The molecule has 1 atom stereocenters. The summed E-state index contributed by atoms with van der Waals surface area (Å²) in [6.45, 7) is 8.45. The molecular weight excluding hydrogens is 208 g/mol. The number of nitrogens with one attached hydrogen (secondary N) is 1. The predicted octanol–water partition coefficient (Wildman–Crippen LogP) is 1.13. The first kappa shape index (κ1) is 13.0. The van der Waals surface area contributed by atoms with Crippen LogP contribution < -0.4 is 5.32 Å². The first-order valence-corrected chi connectivity index (χ1v) is 5.66. The fraction of sp³-hybridized carbons (Fsp3) is 0.818. The van der Waals surface area contributed by atoms with Crippen LogP contribution in [0.5, 0.6) is 0 Å². The molecule has 3 amide bonds. The van der Waals surface area contributed by atoms with Crippen molar-refractivity contribution in [3.63, 3.8) is 0 Å². The van der Waals surface area contributed by atoms with Crippen molar-refractivity contribution in [2.45, 2.75) is 45.8 Å². The summed E-state index contributed by atoms with van der Waals surface area (Å²) in [7, 11) is 0. The second-order valence-corrected chi connectivity index (χ2v) is 4.46. The molecule has 1 unspecified atom stereocenters. The first-order valence-electron chi connectivity index (χ1n) is 5.66. The van der Waals surface area contributed by atoms with Gasteiger partial charge in [0.05, 0.1) is 12.7 Å². The summed E-state index contributed by atoms with van der Waals surface area (Å²) in [6.07, 6.45) is 0.737. The molecule has 0 bridgehead atoms. The van der Waals surface area contributed by atoms with E-state index in [4.69, 9.17) is 4.74 Å². The lowest BCUT2D eigenvalue weighted by molar-refractivity contribution is -0.126. The van der Waals surface area contributed by atoms with Crippen LogP contribution in [0.15, 0.2) is 0 Å². The van der Waals surface area contributed by atoms with E-state index in [9.17, 15) is 9.59 Å². The van der Waals surface area contributed by atoms with Crippen LogP contribution in [-0.2, 0) is 9.53 Å². The molecule has 5 heteroatoms. The molecule has 0 aliphatic carbocycles. The van der Waals surface area contributed by atoms with Gasteiger partial charge >= 0.3 is 6.03 Å². The van der Waals surface area contributed by atoms with Gasteiger partial charge in [0.15, 0.2) is 0 Å². The minimum Gasteiger partial charge on any atom is -0.377 e. The molecule has 1 N–H and O–H groups in total. The van der Waals surface area contributed by atoms with Crippen molar-refractivity contribution in [2.24, 2.45) is 0 Å². The van der Waals surface area contributed by atoms with Crippen molar-refractivity contribution in [3.05, 3.63) is 0 Å². The number of rotatable bonds is 5. The van der Waals surface area contributed by atoms with Crippen molar-refractivity contribution in [1.82, 2.24) is 10.2 Å². The molecule has 1 aliphatic rings. The van der Waals surface area contributed by atoms with Gasteiger partial charge in [0.2, 0.25) is 0 Å². The molecule has 5 nitrogen and oxygen atoms in total. The highest BCUT2D eigenvalue weighted by molar-refractivity contribution is 6.06. The summed E-state index contributed by atoms with van der Waals surface area (Å²) in [5.74, 6) is -0.218. The van der Waals surface area contributed by atoms with Crippen molar-refractivity contribution in [2.75, 3.05) is 13.2 Å². The summed E-state index contributed by atoms with van der Waals surface area (Å²) in [6, 6.07) is -0.318. The van der Waals surface area contributed by atoms with Gasteiger partial charge in [-0.25, -0.2) is 4.79 Å². The highest BCUT2D eigenvalue weighted by Gasteiger charge is 2.47. The highest BCUT2D eigenvalue weighted by atomic mass is 16.5. The Morgan fingerprint density at radius 1 is 1.44 bits per heavy atom. The van der Waals surface area contributed by atoms with Crippen LogP contribution in [-0.4, -0.2) is 41.6 Å². The Balaban J connectivity index is 2.62. The van der Waals surface area contributed by atoms with Gasteiger partial charge in [0.25, 0.3) is 5.91 Å². The molecule has 0 spiro atoms. The first-order chi connectivity index (χ1) is 7.41. The van der Waals surface area contributed by atoms with E-state index in [2.05, 4.69) is 5.32 Å². The lowest BCUT2D eigenvalue weighted by atomic mass is 9.97. The lowest BCUT2D eigenvalue weighted by Gasteiger charge is -2.30.